The summed E-state index contributed by atoms with van der Waals surface area (Å²) in [7, 11) is 0. The minimum absolute atomic E-state index is 0. The maximum atomic E-state index is 11.0. The summed E-state index contributed by atoms with van der Waals surface area (Å²) >= 11 is 7.75. The van der Waals surface area contributed by atoms with E-state index < -0.39 is 0 Å². The van der Waals surface area contributed by atoms with Crippen LogP contribution in [0.5, 0.6) is 0 Å². The Balaban J connectivity index is -0.000000157. The predicted octanol–water partition coefficient (Wildman–Crippen LogP) is 5.83. The molecule has 0 saturated carbocycles. The van der Waals surface area contributed by atoms with Gasteiger partial charge < -0.3 is 16.8 Å². The van der Waals surface area contributed by atoms with Crippen molar-refractivity contribution in [2.45, 2.75) is 135 Å². The molecule has 1 amide bonds. The fraction of sp³-hybridized carbons (Fsp3) is 0.957. The predicted molar refractivity (Wildman–Crippen MR) is 149 cm³/mol. The first-order valence-corrected chi connectivity index (χ1v) is 13.2. The van der Waals surface area contributed by atoms with Crippen molar-refractivity contribution in [1.82, 2.24) is 5.32 Å². The molecule has 0 spiro atoms. The summed E-state index contributed by atoms with van der Waals surface area (Å²) in [6, 6.07) is 0.861. The van der Waals surface area contributed by atoms with Crippen LogP contribution in [0, 0.1) is 5.92 Å². The van der Waals surface area contributed by atoms with E-state index >= 15 is 0 Å². The number of carbonyl (C=O) groups excluding carboxylic acids is 1. The van der Waals surface area contributed by atoms with E-state index in [4.69, 9.17) is 11.5 Å². The Morgan fingerprint density at radius 2 is 1.30 bits per heavy atom. The maximum Gasteiger partial charge on any atom is 0.233 e. The molecule has 1 saturated heterocycles. The highest BCUT2D eigenvalue weighted by Gasteiger charge is 2.27. The Morgan fingerprint density at radius 1 is 0.933 bits per heavy atom. The van der Waals surface area contributed by atoms with Crippen LogP contribution < -0.4 is 16.8 Å². The number of thiol groups is 1. The number of nitrogens with two attached hydrogens (primary N) is 2. The van der Waals surface area contributed by atoms with Crippen LogP contribution in [-0.2, 0) is 4.79 Å². The largest absolute Gasteiger partial charge is 0.352 e. The van der Waals surface area contributed by atoms with Gasteiger partial charge in [0.1, 0.15) is 0 Å². The maximum absolute atomic E-state index is 11.0. The fourth-order valence-electron chi connectivity index (χ4n) is 1.51. The third kappa shape index (κ3) is 26.5. The highest BCUT2D eigenvalue weighted by molar-refractivity contribution is 8.01. The van der Waals surface area contributed by atoms with Gasteiger partial charge in [0, 0.05) is 33.9 Å². The quantitative estimate of drug-likeness (QED) is 0.377. The summed E-state index contributed by atoms with van der Waals surface area (Å²) in [5, 5.41) is 5.21. The number of hydrogen-bond donors (Lipinski definition) is 4. The number of rotatable bonds is 4. The van der Waals surface area contributed by atoms with E-state index in [0.29, 0.717) is 33.1 Å². The Hall–Kier alpha value is 0.440. The van der Waals surface area contributed by atoms with E-state index in [9.17, 15) is 4.79 Å². The second-order valence-corrected chi connectivity index (χ2v) is 13.4. The number of carbonyl (C=O) groups is 1. The van der Waals surface area contributed by atoms with E-state index in [2.05, 4.69) is 73.3 Å². The van der Waals surface area contributed by atoms with Crippen molar-refractivity contribution in [3.63, 3.8) is 0 Å². The highest BCUT2D eigenvalue weighted by atomic mass is 32.2. The molecule has 4 nitrogen and oxygen atoms in total. The van der Waals surface area contributed by atoms with Crippen LogP contribution in [-0.4, -0.2) is 50.3 Å². The lowest BCUT2D eigenvalue weighted by Crippen LogP contribution is -2.47. The van der Waals surface area contributed by atoms with E-state index in [1.807, 2.05) is 39.5 Å². The molecule has 1 heterocycles. The van der Waals surface area contributed by atoms with Crippen LogP contribution in [0.15, 0.2) is 0 Å². The first kappa shape index (κ1) is 37.7. The molecule has 0 aromatic carbocycles. The molecule has 0 aromatic rings. The lowest BCUT2D eigenvalue weighted by molar-refractivity contribution is -0.121. The highest BCUT2D eigenvalue weighted by Crippen LogP contribution is 2.24. The van der Waals surface area contributed by atoms with Gasteiger partial charge in [0.15, 0.2) is 0 Å². The molecule has 5 N–H and O–H groups in total. The summed E-state index contributed by atoms with van der Waals surface area (Å²) < 4.78 is 0. The Bertz CT molecular complexity index is 383. The third-order valence-electron chi connectivity index (χ3n) is 3.85. The van der Waals surface area contributed by atoms with Crippen molar-refractivity contribution in [1.29, 1.82) is 0 Å². The van der Waals surface area contributed by atoms with E-state index in [1.54, 1.807) is 11.8 Å². The molecule has 7 heteroatoms. The normalized spacial score (nSPS) is 24.3. The molecular formula is C23H55N3OS3. The summed E-state index contributed by atoms with van der Waals surface area (Å²) in [5.41, 5.74) is 11.0. The molecule has 0 aromatic heterocycles. The van der Waals surface area contributed by atoms with Crippen LogP contribution in [0.1, 0.15) is 90.5 Å². The van der Waals surface area contributed by atoms with Crippen LogP contribution in [0.3, 0.4) is 0 Å². The summed E-state index contributed by atoms with van der Waals surface area (Å²) in [6.07, 6.45) is 0. The second-order valence-electron chi connectivity index (χ2n) is 8.86. The lowest BCUT2D eigenvalue weighted by Gasteiger charge is -2.29. The minimum Gasteiger partial charge on any atom is -0.352 e. The van der Waals surface area contributed by atoms with Gasteiger partial charge in [-0.05, 0) is 38.9 Å². The van der Waals surface area contributed by atoms with Gasteiger partial charge in [0.05, 0.1) is 5.25 Å². The van der Waals surface area contributed by atoms with Gasteiger partial charge in [-0.1, -0.05) is 62.8 Å². The van der Waals surface area contributed by atoms with E-state index in [1.165, 1.54) is 0 Å². The molecule has 1 aliphatic rings. The zero-order valence-corrected chi connectivity index (χ0v) is 23.6. The average Bonchev–Trinajstić information content (AvgIpc) is 2.53. The molecule has 0 radical (unpaired) electrons. The van der Waals surface area contributed by atoms with Gasteiger partial charge in [-0.3, -0.25) is 4.79 Å². The monoisotopic (exact) mass is 485 g/mol. The molecule has 186 valence electrons. The first-order chi connectivity index (χ1) is 13.0. The van der Waals surface area contributed by atoms with Crippen LogP contribution in [0.4, 0.5) is 0 Å². The molecule has 1 aliphatic heterocycles. The zero-order valence-electron chi connectivity index (χ0n) is 21.0. The standard InChI is InChI=1S/C7H13NOS.C7H17NS.C4H11NS.C4H10.CH4/c1-4-5(2)10-6(3)7(9)8-4;1-5(2)9-7(4)6(3)8;1-3(5)4(2)6;1-4(2)3;/h4-6H,1-3H3,(H,8,9);5-7H,8H2,1-4H3;3-4,6H,5H2,1-2H3;4H,1-3H3;1H4. The minimum atomic E-state index is 0. The van der Waals surface area contributed by atoms with Crippen LogP contribution in [0.2, 0.25) is 0 Å². The molecule has 1 rings (SSSR count). The Morgan fingerprint density at radius 3 is 1.50 bits per heavy atom. The van der Waals surface area contributed by atoms with Crippen molar-refractivity contribution in [3.05, 3.63) is 0 Å². The SMILES string of the molecule is C.CC(C)C.CC(C)SC(C)C(C)N.CC(N)C(C)S.CC1SC(C)C(C)NC1=O. The molecular weight excluding hydrogens is 430 g/mol. The third-order valence-corrected chi connectivity index (χ3v) is 7.18. The van der Waals surface area contributed by atoms with Gasteiger partial charge in [0.2, 0.25) is 5.91 Å². The van der Waals surface area contributed by atoms with Crippen LogP contribution in [0.25, 0.3) is 0 Å². The van der Waals surface area contributed by atoms with Crippen molar-refractivity contribution < 1.29 is 4.79 Å². The smallest absolute Gasteiger partial charge is 0.233 e. The summed E-state index contributed by atoms with van der Waals surface area (Å²) in [4.78, 5) is 11.0. The van der Waals surface area contributed by atoms with Crippen molar-refractivity contribution >= 4 is 42.1 Å². The van der Waals surface area contributed by atoms with Gasteiger partial charge in [-0.15, -0.1) is 11.8 Å². The Kier molecular flexibility index (Phi) is 26.8. The summed E-state index contributed by atoms with van der Waals surface area (Å²) in [6.45, 7) is 25.2. The van der Waals surface area contributed by atoms with Gasteiger partial charge in [-0.25, -0.2) is 0 Å². The lowest BCUT2D eigenvalue weighted by atomic mass is 10.2. The molecule has 0 bridgehead atoms. The molecule has 30 heavy (non-hydrogen) atoms. The Labute approximate surface area is 204 Å². The van der Waals surface area contributed by atoms with Gasteiger partial charge in [0.25, 0.3) is 0 Å². The fourth-order valence-corrected chi connectivity index (χ4v) is 3.76. The van der Waals surface area contributed by atoms with Crippen molar-refractivity contribution in [3.8, 4) is 0 Å². The van der Waals surface area contributed by atoms with Gasteiger partial charge >= 0.3 is 0 Å². The summed E-state index contributed by atoms with van der Waals surface area (Å²) in [5.74, 6) is 1.01. The zero-order chi connectivity index (χ0) is 23.9. The number of hydrogen-bond acceptors (Lipinski definition) is 6. The average molecular weight is 486 g/mol. The number of nitrogens with one attached hydrogen (secondary N) is 1. The first-order valence-electron chi connectivity index (χ1n) is 10.8. The molecule has 0 aliphatic carbocycles. The van der Waals surface area contributed by atoms with Gasteiger partial charge in [-0.2, -0.15) is 24.4 Å². The van der Waals surface area contributed by atoms with Crippen LogP contribution >= 0.6 is 36.2 Å². The molecule has 7 unspecified atom stereocenters. The van der Waals surface area contributed by atoms with Crippen molar-refractivity contribution in [2.24, 2.45) is 17.4 Å². The van der Waals surface area contributed by atoms with E-state index in [0.717, 1.165) is 5.92 Å². The van der Waals surface area contributed by atoms with Crippen molar-refractivity contribution in [2.75, 3.05) is 0 Å². The molecule has 7 atom stereocenters. The van der Waals surface area contributed by atoms with E-state index in [-0.39, 0.29) is 24.6 Å². The molecule has 1 fully saturated rings. The topological polar surface area (TPSA) is 81.1 Å². The number of thioether (sulfide) groups is 2. The second kappa shape index (κ2) is 21.3. The number of amides is 1.